The molecule has 0 rings (SSSR count). The van der Waals surface area contributed by atoms with E-state index in [9.17, 15) is 0 Å². The third-order valence-electron chi connectivity index (χ3n) is 2.26. The summed E-state index contributed by atoms with van der Waals surface area (Å²) in [5.74, 6) is 0. The number of hydrogen-bond donors (Lipinski definition) is 1. The molecule has 0 fully saturated rings. The van der Waals surface area contributed by atoms with Crippen LogP contribution in [-0.2, 0) is 0 Å². The summed E-state index contributed by atoms with van der Waals surface area (Å²) >= 11 is 2.04. The van der Waals surface area contributed by atoms with Gasteiger partial charge in [0.25, 0.3) is 0 Å². The molecular weight excluding hydrogens is 178 g/mol. The van der Waals surface area contributed by atoms with Crippen molar-refractivity contribution in [3.63, 3.8) is 0 Å². The largest absolute Gasteiger partial charge is 0.311 e. The van der Waals surface area contributed by atoms with E-state index in [1.54, 1.807) is 0 Å². The normalized spacial score (nSPS) is 15.0. The van der Waals surface area contributed by atoms with Gasteiger partial charge in [0.15, 0.2) is 0 Å². The zero-order chi connectivity index (χ0) is 10.5. The summed E-state index contributed by atoms with van der Waals surface area (Å²) in [4.78, 5) is 0. The topological polar surface area (TPSA) is 12.0 Å². The standard InChI is InChI=1S/C11H25NS/c1-7-11(5,6)12-8-10(4)13-9(2)3/h9-10,12H,7-8H2,1-6H3. The maximum atomic E-state index is 3.59. The molecule has 1 atom stereocenters. The van der Waals surface area contributed by atoms with Crippen LogP contribution in [-0.4, -0.2) is 22.6 Å². The second kappa shape index (κ2) is 5.92. The van der Waals surface area contributed by atoms with Crippen molar-refractivity contribution < 1.29 is 0 Å². The zero-order valence-corrected chi connectivity index (χ0v) is 10.8. The average molecular weight is 203 g/mol. The van der Waals surface area contributed by atoms with Gasteiger partial charge in [-0.3, -0.25) is 0 Å². The Balaban J connectivity index is 3.63. The van der Waals surface area contributed by atoms with Crippen molar-refractivity contribution in [3.8, 4) is 0 Å². The van der Waals surface area contributed by atoms with Gasteiger partial charge in [0.1, 0.15) is 0 Å². The van der Waals surface area contributed by atoms with Gasteiger partial charge in [-0.05, 0) is 25.5 Å². The molecule has 80 valence electrons. The van der Waals surface area contributed by atoms with E-state index in [4.69, 9.17) is 0 Å². The molecule has 1 unspecified atom stereocenters. The minimum absolute atomic E-state index is 0.297. The highest BCUT2D eigenvalue weighted by molar-refractivity contribution is 8.00. The van der Waals surface area contributed by atoms with Crippen LogP contribution in [0.4, 0.5) is 0 Å². The maximum Gasteiger partial charge on any atom is 0.0146 e. The molecule has 0 aromatic rings. The third-order valence-corrected chi connectivity index (χ3v) is 3.43. The van der Waals surface area contributed by atoms with E-state index in [1.807, 2.05) is 11.8 Å². The molecule has 0 spiro atoms. The van der Waals surface area contributed by atoms with Crippen LogP contribution in [0.15, 0.2) is 0 Å². The minimum Gasteiger partial charge on any atom is -0.311 e. The van der Waals surface area contributed by atoms with Gasteiger partial charge in [0, 0.05) is 17.3 Å². The van der Waals surface area contributed by atoms with E-state index >= 15 is 0 Å². The summed E-state index contributed by atoms with van der Waals surface area (Å²) < 4.78 is 0. The van der Waals surface area contributed by atoms with Crippen LogP contribution in [0, 0.1) is 0 Å². The third kappa shape index (κ3) is 7.39. The van der Waals surface area contributed by atoms with Crippen LogP contribution in [0.25, 0.3) is 0 Å². The molecule has 0 amide bonds. The lowest BCUT2D eigenvalue weighted by atomic mass is 10.0. The molecule has 0 radical (unpaired) electrons. The Morgan fingerprint density at radius 1 is 1.23 bits per heavy atom. The lowest BCUT2D eigenvalue weighted by molar-refractivity contribution is 0.379. The Hall–Kier alpha value is 0.310. The quantitative estimate of drug-likeness (QED) is 0.711. The summed E-state index contributed by atoms with van der Waals surface area (Å²) in [7, 11) is 0. The molecule has 0 aliphatic carbocycles. The van der Waals surface area contributed by atoms with Gasteiger partial charge < -0.3 is 5.32 Å². The van der Waals surface area contributed by atoms with Crippen LogP contribution in [0.2, 0.25) is 0 Å². The highest BCUT2D eigenvalue weighted by atomic mass is 32.2. The number of thioether (sulfide) groups is 1. The molecule has 0 heterocycles. The lowest BCUT2D eigenvalue weighted by Gasteiger charge is -2.27. The monoisotopic (exact) mass is 203 g/mol. The van der Waals surface area contributed by atoms with Gasteiger partial charge in [-0.1, -0.05) is 27.7 Å². The predicted molar refractivity (Wildman–Crippen MR) is 64.6 cm³/mol. The highest BCUT2D eigenvalue weighted by Crippen LogP contribution is 2.17. The molecule has 0 saturated heterocycles. The Morgan fingerprint density at radius 3 is 2.15 bits per heavy atom. The van der Waals surface area contributed by atoms with Gasteiger partial charge >= 0.3 is 0 Å². The lowest BCUT2D eigenvalue weighted by Crippen LogP contribution is -2.41. The predicted octanol–water partition coefficient (Wildman–Crippen LogP) is 3.29. The summed E-state index contributed by atoms with van der Waals surface area (Å²) in [6, 6.07) is 0. The SMILES string of the molecule is CCC(C)(C)NCC(C)SC(C)C. The fourth-order valence-corrected chi connectivity index (χ4v) is 2.17. The van der Waals surface area contributed by atoms with Crippen molar-refractivity contribution in [2.24, 2.45) is 0 Å². The fourth-order valence-electron chi connectivity index (χ4n) is 1.06. The first kappa shape index (κ1) is 13.3. The first-order valence-corrected chi connectivity index (χ1v) is 6.22. The van der Waals surface area contributed by atoms with Gasteiger partial charge in [0.2, 0.25) is 0 Å². The minimum atomic E-state index is 0.297. The van der Waals surface area contributed by atoms with Crippen molar-refractivity contribution in [1.82, 2.24) is 5.32 Å². The Kier molecular flexibility index (Phi) is 6.06. The van der Waals surface area contributed by atoms with E-state index in [0.29, 0.717) is 10.8 Å². The van der Waals surface area contributed by atoms with Gasteiger partial charge in [0.05, 0.1) is 0 Å². The number of rotatable bonds is 6. The van der Waals surface area contributed by atoms with E-state index in [2.05, 4.69) is 46.9 Å². The number of hydrogen-bond acceptors (Lipinski definition) is 2. The molecule has 1 nitrogen and oxygen atoms in total. The van der Waals surface area contributed by atoms with Crippen molar-refractivity contribution in [3.05, 3.63) is 0 Å². The molecule has 0 aliphatic heterocycles. The second-order valence-electron chi connectivity index (χ2n) is 4.61. The number of nitrogens with one attached hydrogen (secondary N) is 1. The van der Waals surface area contributed by atoms with Crippen LogP contribution >= 0.6 is 11.8 Å². The van der Waals surface area contributed by atoms with Crippen LogP contribution in [0.1, 0.15) is 48.0 Å². The fraction of sp³-hybridized carbons (Fsp3) is 1.00. The van der Waals surface area contributed by atoms with E-state index in [-0.39, 0.29) is 0 Å². The summed E-state index contributed by atoms with van der Waals surface area (Å²) in [6.07, 6.45) is 1.19. The first-order chi connectivity index (χ1) is 5.87. The van der Waals surface area contributed by atoms with Crippen molar-refractivity contribution >= 4 is 11.8 Å². The smallest absolute Gasteiger partial charge is 0.0146 e. The van der Waals surface area contributed by atoms with Crippen LogP contribution in [0.3, 0.4) is 0 Å². The molecule has 0 aromatic heterocycles. The highest BCUT2D eigenvalue weighted by Gasteiger charge is 2.15. The van der Waals surface area contributed by atoms with Crippen LogP contribution in [0.5, 0.6) is 0 Å². The zero-order valence-electron chi connectivity index (χ0n) is 9.98. The van der Waals surface area contributed by atoms with E-state index < -0.39 is 0 Å². The van der Waals surface area contributed by atoms with Crippen molar-refractivity contribution in [2.45, 2.75) is 64.0 Å². The van der Waals surface area contributed by atoms with Gasteiger partial charge in [-0.25, -0.2) is 0 Å². The second-order valence-corrected chi connectivity index (χ2v) is 6.63. The van der Waals surface area contributed by atoms with E-state index in [0.717, 1.165) is 11.8 Å². The van der Waals surface area contributed by atoms with Crippen molar-refractivity contribution in [2.75, 3.05) is 6.54 Å². The summed E-state index contributed by atoms with van der Waals surface area (Å²) in [6.45, 7) is 14.7. The van der Waals surface area contributed by atoms with E-state index in [1.165, 1.54) is 6.42 Å². The molecule has 0 aromatic carbocycles. The Morgan fingerprint density at radius 2 is 1.77 bits per heavy atom. The van der Waals surface area contributed by atoms with Gasteiger partial charge in [-0.15, -0.1) is 0 Å². The summed E-state index contributed by atoms with van der Waals surface area (Å²) in [5, 5.41) is 5.04. The molecular formula is C11H25NS. The molecule has 13 heavy (non-hydrogen) atoms. The molecule has 2 heteroatoms. The summed E-state index contributed by atoms with van der Waals surface area (Å²) in [5.41, 5.74) is 0.297. The average Bonchev–Trinajstić information content (AvgIpc) is 2.00. The Bertz CT molecular complexity index is 132. The molecule has 0 aliphatic rings. The van der Waals surface area contributed by atoms with Crippen molar-refractivity contribution in [1.29, 1.82) is 0 Å². The molecule has 0 saturated carbocycles. The van der Waals surface area contributed by atoms with Gasteiger partial charge in [-0.2, -0.15) is 11.8 Å². The molecule has 1 N–H and O–H groups in total. The molecule has 0 bridgehead atoms. The first-order valence-electron chi connectivity index (χ1n) is 5.28. The Labute approximate surface area is 88.1 Å². The van der Waals surface area contributed by atoms with Crippen LogP contribution < -0.4 is 5.32 Å². The maximum absolute atomic E-state index is 3.59.